The minimum atomic E-state index is -4.54. The van der Waals surface area contributed by atoms with E-state index in [2.05, 4.69) is 15.3 Å². The molecule has 0 atom stereocenters. The van der Waals surface area contributed by atoms with Crippen LogP contribution in [0.4, 0.5) is 18.9 Å². The largest absolute Gasteiger partial charge is 0.418 e. The van der Waals surface area contributed by atoms with Gasteiger partial charge in [0.25, 0.3) is 5.91 Å². The van der Waals surface area contributed by atoms with Gasteiger partial charge in [0.05, 0.1) is 28.2 Å². The number of carbonyl (C=O) groups excluding carboxylic acids is 1. The Bertz CT molecular complexity index is 663. The highest BCUT2D eigenvalue weighted by Crippen LogP contribution is 2.34. The number of benzene rings is 1. The number of hydrogen-bond donors (Lipinski definition) is 1. The molecule has 1 aromatic carbocycles. The van der Waals surface area contributed by atoms with Crippen LogP contribution in [0.3, 0.4) is 0 Å². The van der Waals surface area contributed by atoms with Crippen molar-refractivity contribution >= 4 is 11.6 Å². The highest BCUT2D eigenvalue weighted by atomic mass is 19.4. The Hall–Kier alpha value is -2.44. The van der Waals surface area contributed by atoms with Gasteiger partial charge < -0.3 is 5.32 Å². The number of rotatable bonds is 2. The van der Waals surface area contributed by atoms with Crippen LogP contribution in [0.25, 0.3) is 0 Å². The van der Waals surface area contributed by atoms with E-state index >= 15 is 0 Å². The average Bonchev–Trinajstić information content (AvgIpc) is 2.37. The van der Waals surface area contributed by atoms with E-state index in [0.29, 0.717) is 11.4 Å². The number of nitrogens with one attached hydrogen (secondary N) is 1. The monoisotopic (exact) mass is 295 g/mol. The van der Waals surface area contributed by atoms with Gasteiger partial charge in [0, 0.05) is 0 Å². The number of aromatic nitrogens is 2. The van der Waals surface area contributed by atoms with E-state index in [1.54, 1.807) is 13.8 Å². The van der Waals surface area contributed by atoms with Gasteiger partial charge in [-0.3, -0.25) is 4.79 Å². The third-order valence-corrected chi connectivity index (χ3v) is 2.93. The zero-order valence-electron chi connectivity index (χ0n) is 11.3. The lowest BCUT2D eigenvalue weighted by molar-refractivity contribution is -0.136. The summed E-state index contributed by atoms with van der Waals surface area (Å²) < 4.78 is 38.7. The van der Waals surface area contributed by atoms with Crippen molar-refractivity contribution in [2.45, 2.75) is 20.0 Å². The fourth-order valence-electron chi connectivity index (χ4n) is 1.95. The van der Waals surface area contributed by atoms with Crippen molar-refractivity contribution < 1.29 is 18.0 Å². The van der Waals surface area contributed by atoms with Gasteiger partial charge in [-0.05, 0) is 26.0 Å². The first-order valence-electron chi connectivity index (χ1n) is 6.06. The van der Waals surface area contributed by atoms with Crippen LogP contribution >= 0.6 is 0 Å². The third-order valence-electron chi connectivity index (χ3n) is 2.93. The summed E-state index contributed by atoms with van der Waals surface area (Å²) in [5.74, 6) is -0.665. The molecule has 0 aliphatic carbocycles. The zero-order chi connectivity index (χ0) is 15.6. The molecule has 1 amide bonds. The molecule has 21 heavy (non-hydrogen) atoms. The predicted molar refractivity (Wildman–Crippen MR) is 70.9 cm³/mol. The van der Waals surface area contributed by atoms with Crippen molar-refractivity contribution in [3.63, 3.8) is 0 Å². The second-order valence-electron chi connectivity index (χ2n) is 4.42. The lowest BCUT2D eigenvalue weighted by atomic mass is 10.1. The van der Waals surface area contributed by atoms with E-state index in [0.717, 1.165) is 6.07 Å². The summed E-state index contributed by atoms with van der Waals surface area (Å²) in [6, 6.07) is 4.80. The fourth-order valence-corrected chi connectivity index (χ4v) is 1.95. The van der Waals surface area contributed by atoms with Crippen LogP contribution in [-0.2, 0) is 6.18 Å². The molecule has 4 nitrogen and oxygen atoms in total. The first-order valence-corrected chi connectivity index (χ1v) is 6.06. The summed E-state index contributed by atoms with van der Waals surface area (Å²) in [5.41, 5.74) is -0.202. The molecule has 0 fully saturated rings. The number of alkyl halides is 3. The number of nitrogens with zero attached hydrogens (tertiary/aromatic N) is 2. The lowest BCUT2D eigenvalue weighted by Gasteiger charge is -2.14. The van der Waals surface area contributed by atoms with Crippen molar-refractivity contribution in [3.8, 4) is 0 Å². The van der Waals surface area contributed by atoms with E-state index < -0.39 is 17.6 Å². The van der Waals surface area contributed by atoms with Crippen LogP contribution in [0.15, 0.2) is 30.6 Å². The molecule has 2 aromatic rings. The van der Waals surface area contributed by atoms with Crippen molar-refractivity contribution in [3.05, 3.63) is 53.1 Å². The van der Waals surface area contributed by atoms with Crippen molar-refractivity contribution in [1.82, 2.24) is 9.97 Å². The number of hydrogen-bond acceptors (Lipinski definition) is 3. The molecule has 0 radical (unpaired) electrons. The first kappa shape index (κ1) is 15.0. The second-order valence-corrected chi connectivity index (χ2v) is 4.42. The van der Waals surface area contributed by atoms with E-state index in [9.17, 15) is 18.0 Å². The molecule has 0 spiro atoms. The average molecular weight is 295 g/mol. The highest BCUT2D eigenvalue weighted by molar-refractivity contribution is 6.06. The maximum Gasteiger partial charge on any atom is 0.418 e. The predicted octanol–water partition coefficient (Wildman–Crippen LogP) is 3.36. The Morgan fingerprint density at radius 2 is 1.67 bits per heavy atom. The molecular formula is C14H12F3N3O. The molecule has 7 heteroatoms. The van der Waals surface area contributed by atoms with Crippen LogP contribution in [0.1, 0.15) is 27.3 Å². The molecule has 0 aliphatic rings. The molecule has 0 aliphatic heterocycles. The molecule has 0 saturated carbocycles. The number of anilines is 1. The van der Waals surface area contributed by atoms with Crippen LogP contribution in [0.2, 0.25) is 0 Å². The van der Waals surface area contributed by atoms with Gasteiger partial charge in [-0.2, -0.15) is 13.2 Å². The minimum absolute atomic E-state index is 0.175. The van der Waals surface area contributed by atoms with Gasteiger partial charge in [0.15, 0.2) is 0 Å². The van der Waals surface area contributed by atoms with Crippen molar-refractivity contribution in [2.24, 2.45) is 0 Å². The summed E-state index contributed by atoms with van der Waals surface area (Å²) in [5, 5.41) is 2.28. The lowest BCUT2D eigenvalue weighted by Crippen LogP contribution is -2.19. The highest BCUT2D eigenvalue weighted by Gasteiger charge is 2.33. The van der Waals surface area contributed by atoms with Crippen molar-refractivity contribution in [1.29, 1.82) is 0 Å². The standard InChI is InChI=1S/C14H12F3N3O/c1-8-12(9(2)19-7-18-8)13(21)20-11-6-4-3-5-10(11)14(15,16)17/h3-7H,1-2H3,(H,20,21). The van der Waals surface area contributed by atoms with Gasteiger partial charge in [-0.1, -0.05) is 12.1 Å². The summed E-state index contributed by atoms with van der Waals surface area (Å²) in [7, 11) is 0. The molecular weight excluding hydrogens is 283 g/mol. The van der Waals surface area contributed by atoms with Crippen molar-refractivity contribution in [2.75, 3.05) is 5.32 Å². The number of aryl methyl sites for hydroxylation is 2. The minimum Gasteiger partial charge on any atom is -0.321 e. The molecule has 1 N–H and O–H groups in total. The summed E-state index contributed by atoms with van der Waals surface area (Å²) >= 11 is 0. The normalized spacial score (nSPS) is 11.3. The Kier molecular flexibility index (Phi) is 3.93. The molecule has 0 unspecified atom stereocenters. The fraction of sp³-hybridized carbons (Fsp3) is 0.214. The quantitative estimate of drug-likeness (QED) is 0.924. The third kappa shape index (κ3) is 3.18. The summed E-state index contributed by atoms with van der Waals surface area (Å²) in [6.07, 6.45) is -3.24. The van der Waals surface area contributed by atoms with Crippen LogP contribution in [-0.4, -0.2) is 15.9 Å². The number of amides is 1. The Balaban J connectivity index is 2.38. The van der Waals surface area contributed by atoms with E-state index in [-0.39, 0.29) is 11.3 Å². The maximum absolute atomic E-state index is 12.9. The van der Waals surface area contributed by atoms with E-state index in [1.807, 2.05) is 0 Å². The molecule has 1 heterocycles. The molecule has 1 aromatic heterocycles. The van der Waals surface area contributed by atoms with Crippen LogP contribution in [0.5, 0.6) is 0 Å². The second kappa shape index (κ2) is 5.51. The Morgan fingerprint density at radius 1 is 1.10 bits per heavy atom. The maximum atomic E-state index is 12.9. The van der Waals surface area contributed by atoms with Gasteiger partial charge in [0.2, 0.25) is 0 Å². The van der Waals surface area contributed by atoms with E-state index in [4.69, 9.17) is 0 Å². The molecule has 2 rings (SSSR count). The summed E-state index contributed by atoms with van der Waals surface area (Å²) in [4.78, 5) is 19.9. The topological polar surface area (TPSA) is 54.9 Å². The number of carbonyl (C=O) groups is 1. The Labute approximate surface area is 119 Å². The summed E-state index contributed by atoms with van der Waals surface area (Å²) in [6.45, 7) is 3.19. The van der Waals surface area contributed by atoms with E-state index in [1.165, 1.54) is 24.5 Å². The van der Waals surface area contributed by atoms with Crippen LogP contribution in [0, 0.1) is 13.8 Å². The number of para-hydroxylation sites is 1. The van der Waals surface area contributed by atoms with Gasteiger partial charge >= 0.3 is 6.18 Å². The van der Waals surface area contributed by atoms with Gasteiger partial charge in [-0.25, -0.2) is 9.97 Å². The van der Waals surface area contributed by atoms with Crippen LogP contribution < -0.4 is 5.32 Å². The Morgan fingerprint density at radius 3 is 2.24 bits per heavy atom. The SMILES string of the molecule is Cc1ncnc(C)c1C(=O)Nc1ccccc1C(F)(F)F. The molecule has 0 saturated heterocycles. The zero-order valence-corrected chi connectivity index (χ0v) is 11.3. The molecule has 0 bridgehead atoms. The number of halogens is 3. The van der Waals surface area contributed by atoms with Gasteiger partial charge in [0.1, 0.15) is 6.33 Å². The smallest absolute Gasteiger partial charge is 0.321 e. The molecule has 110 valence electrons. The van der Waals surface area contributed by atoms with Gasteiger partial charge in [-0.15, -0.1) is 0 Å². The first-order chi connectivity index (χ1) is 9.80.